The summed E-state index contributed by atoms with van der Waals surface area (Å²) in [7, 11) is -3.47. The molecular formula is C27H24N4O4S2. The minimum Gasteiger partial charge on any atom is -0.326 e. The molecule has 2 amide bonds. The fraction of sp³-hybridized carbons (Fsp3) is 0.185. The molecule has 1 aliphatic heterocycles. The Morgan fingerprint density at radius 3 is 2.49 bits per heavy atom. The van der Waals surface area contributed by atoms with E-state index in [-0.39, 0.29) is 22.3 Å². The monoisotopic (exact) mass is 532 g/mol. The Labute approximate surface area is 218 Å². The van der Waals surface area contributed by atoms with Gasteiger partial charge in [-0.3, -0.25) is 14.6 Å². The number of thiazole rings is 1. The number of carbonyl (C=O) groups excluding carboxylic acids is 2. The number of nitrogens with zero attached hydrogens (tertiary/aromatic N) is 3. The molecule has 1 atom stereocenters. The molecule has 10 heteroatoms. The Balaban J connectivity index is 1.28. The number of anilines is 1. The van der Waals surface area contributed by atoms with Gasteiger partial charge in [0.1, 0.15) is 6.04 Å². The fourth-order valence-electron chi connectivity index (χ4n) is 4.26. The van der Waals surface area contributed by atoms with Gasteiger partial charge in [-0.15, -0.1) is 11.3 Å². The summed E-state index contributed by atoms with van der Waals surface area (Å²) in [5.74, 6) is -0.689. The first-order valence-corrected chi connectivity index (χ1v) is 14.4. The van der Waals surface area contributed by atoms with Gasteiger partial charge < -0.3 is 10.2 Å². The van der Waals surface area contributed by atoms with Crippen LogP contribution in [0.4, 0.5) is 5.13 Å². The normalized spacial score (nSPS) is 15.2. The van der Waals surface area contributed by atoms with Crippen LogP contribution in [0.5, 0.6) is 0 Å². The number of sulfone groups is 1. The van der Waals surface area contributed by atoms with Crippen molar-refractivity contribution in [1.29, 1.82) is 0 Å². The highest BCUT2D eigenvalue weighted by Gasteiger charge is 2.38. The number of hydrogen-bond donors (Lipinski definition) is 1. The van der Waals surface area contributed by atoms with Crippen molar-refractivity contribution in [2.24, 2.45) is 0 Å². The van der Waals surface area contributed by atoms with E-state index >= 15 is 0 Å². The van der Waals surface area contributed by atoms with Crippen LogP contribution in [0.25, 0.3) is 22.4 Å². The lowest BCUT2D eigenvalue weighted by Crippen LogP contribution is -2.56. The minimum absolute atomic E-state index is 0.114. The van der Waals surface area contributed by atoms with Gasteiger partial charge in [-0.05, 0) is 60.4 Å². The second-order valence-corrected chi connectivity index (χ2v) is 11.7. The number of aromatic nitrogens is 2. The van der Waals surface area contributed by atoms with Crippen molar-refractivity contribution in [2.45, 2.75) is 24.3 Å². The lowest BCUT2D eigenvalue weighted by molar-refractivity contribution is -0.123. The Morgan fingerprint density at radius 2 is 1.78 bits per heavy atom. The standard InChI is InChI=1S/C27H24N4O4S2/c1-17-6-7-21(15-24(17)37(2,34)35)26(33)31-13-10-23(31)25(32)30-27-29-22(16-36-27)20-5-3-4-19(14-20)18-8-11-28-12-9-18/h3-9,11-12,14-16,23H,10,13H2,1-2H3,(H,29,30,32)/t23-/m1/s1. The van der Waals surface area contributed by atoms with Crippen LogP contribution in [-0.2, 0) is 14.6 Å². The van der Waals surface area contributed by atoms with Crippen molar-refractivity contribution in [2.75, 3.05) is 18.1 Å². The zero-order valence-electron chi connectivity index (χ0n) is 20.2. The van der Waals surface area contributed by atoms with Crippen LogP contribution in [0.2, 0.25) is 0 Å². The molecule has 1 aliphatic rings. The molecule has 0 unspecified atom stereocenters. The van der Waals surface area contributed by atoms with E-state index in [2.05, 4.69) is 15.3 Å². The third kappa shape index (κ3) is 5.16. The largest absolute Gasteiger partial charge is 0.326 e. The van der Waals surface area contributed by atoms with Gasteiger partial charge in [-0.25, -0.2) is 13.4 Å². The van der Waals surface area contributed by atoms with E-state index in [1.165, 1.54) is 22.3 Å². The maximum Gasteiger partial charge on any atom is 0.254 e. The molecule has 2 aromatic carbocycles. The molecule has 0 aliphatic carbocycles. The highest BCUT2D eigenvalue weighted by molar-refractivity contribution is 7.90. The number of rotatable bonds is 6. The third-order valence-electron chi connectivity index (χ3n) is 6.32. The van der Waals surface area contributed by atoms with E-state index in [1.807, 2.05) is 41.8 Å². The van der Waals surface area contributed by atoms with Gasteiger partial charge in [0.25, 0.3) is 5.91 Å². The van der Waals surface area contributed by atoms with E-state index in [4.69, 9.17) is 0 Å². The van der Waals surface area contributed by atoms with Crippen molar-refractivity contribution in [1.82, 2.24) is 14.9 Å². The quantitative estimate of drug-likeness (QED) is 0.393. The summed E-state index contributed by atoms with van der Waals surface area (Å²) < 4.78 is 24.1. The molecule has 2 aromatic heterocycles. The van der Waals surface area contributed by atoms with Crippen molar-refractivity contribution >= 4 is 38.1 Å². The molecule has 1 fully saturated rings. The molecule has 4 aromatic rings. The number of nitrogens with one attached hydrogen (secondary N) is 1. The second kappa shape index (κ2) is 9.87. The number of hydrogen-bond acceptors (Lipinski definition) is 7. The molecule has 0 saturated carbocycles. The van der Waals surface area contributed by atoms with Gasteiger partial charge in [-0.2, -0.15) is 0 Å². The van der Waals surface area contributed by atoms with Crippen LogP contribution in [0.3, 0.4) is 0 Å². The predicted octanol–water partition coefficient (Wildman–Crippen LogP) is 4.44. The van der Waals surface area contributed by atoms with Gasteiger partial charge in [-0.1, -0.05) is 24.3 Å². The maximum absolute atomic E-state index is 13.1. The van der Waals surface area contributed by atoms with Crippen molar-refractivity contribution < 1.29 is 18.0 Å². The van der Waals surface area contributed by atoms with Crippen molar-refractivity contribution in [3.8, 4) is 22.4 Å². The maximum atomic E-state index is 13.1. The summed E-state index contributed by atoms with van der Waals surface area (Å²) in [6.45, 7) is 2.10. The molecule has 37 heavy (non-hydrogen) atoms. The zero-order valence-corrected chi connectivity index (χ0v) is 21.8. The first kappa shape index (κ1) is 24.8. The molecule has 5 rings (SSSR count). The average Bonchev–Trinajstić information content (AvgIpc) is 3.32. The number of benzene rings is 2. The highest BCUT2D eigenvalue weighted by Crippen LogP contribution is 2.30. The molecule has 1 saturated heterocycles. The average molecular weight is 533 g/mol. The Morgan fingerprint density at radius 1 is 1.03 bits per heavy atom. The predicted molar refractivity (Wildman–Crippen MR) is 143 cm³/mol. The van der Waals surface area contributed by atoms with Gasteiger partial charge in [0.15, 0.2) is 15.0 Å². The van der Waals surface area contributed by atoms with Gasteiger partial charge >= 0.3 is 0 Å². The molecule has 3 heterocycles. The lowest BCUT2D eigenvalue weighted by atomic mass is 10.00. The Kier molecular flexibility index (Phi) is 6.61. The summed E-state index contributed by atoms with van der Waals surface area (Å²) in [6.07, 6.45) is 5.13. The summed E-state index contributed by atoms with van der Waals surface area (Å²) in [5, 5.41) is 5.16. The van der Waals surface area contributed by atoms with Gasteiger partial charge in [0, 0.05) is 41.7 Å². The Bertz CT molecular complexity index is 1600. The summed E-state index contributed by atoms with van der Waals surface area (Å²) in [6, 6.07) is 15.8. The minimum atomic E-state index is -3.47. The SMILES string of the molecule is Cc1ccc(C(=O)N2CC[C@@H]2C(=O)Nc2nc(-c3cccc(-c4ccncc4)c3)cs2)cc1S(C)(=O)=O. The molecule has 1 N–H and O–H groups in total. The highest BCUT2D eigenvalue weighted by atomic mass is 32.2. The second-order valence-electron chi connectivity index (χ2n) is 8.90. The molecule has 0 bridgehead atoms. The Hall–Kier alpha value is -3.89. The number of carbonyl (C=O) groups is 2. The van der Waals surface area contributed by atoms with Crippen LogP contribution in [-0.4, -0.2) is 53.9 Å². The first-order chi connectivity index (χ1) is 17.7. The van der Waals surface area contributed by atoms with E-state index in [0.717, 1.165) is 28.6 Å². The fourth-order valence-corrected chi connectivity index (χ4v) is 5.97. The third-order valence-corrected chi connectivity index (χ3v) is 8.32. The number of amides is 2. The van der Waals surface area contributed by atoms with E-state index < -0.39 is 15.9 Å². The number of pyridine rings is 1. The summed E-state index contributed by atoms with van der Waals surface area (Å²) in [4.78, 5) is 36.2. The first-order valence-electron chi connectivity index (χ1n) is 11.6. The summed E-state index contributed by atoms with van der Waals surface area (Å²) >= 11 is 1.32. The molecule has 188 valence electrons. The lowest BCUT2D eigenvalue weighted by Gasteiger charge is -2.39. The van der Waals surface area contributed by atoms with Gasteiger partial charge in [0.2, 0.25) is 5.91 Å². The van der Waals surface area contributed by atoms with Crippen LogP contribution in [0.1, 0.15) is 22.3 Å². The number of likely N-dealkylation sites (tertiary alicyclic amines) is 1. The van der Waals surface area contributed by atoms with Crippen molar-refractivity contribution in [3.63, 3.8) is 0 Å². The van der Waals surface area contributed by atoms with E-state index in [0.29, 0.717) is 23.7 Å². The van der Waals surface area contributed by atoms with E-state index in [1.54, 1.807) is 31.5 Å². The van der Waals surface area contributed by atoms with Crippen LogP contribution in [0.15, 0.2) is 77.3 Å². The molecule has 0 spiro atoms. The van der Waals surface area contributed by atoms with E-state index in [9.17, 15) is 18.0 Å². The zero-order chi connectivity index (χ0) is 26.2. The summed E-state index contributed by atoms with van der Waals surface area (Å²) in [5.41, 5.74) is 4.57. The molecular weight excluding hydrogens is 508 g/mol. The van der Waals surface area contributed by atoms with Crippen LogP contribution >= 0.6 is 11.3 Å². The van der Waals surface area contributed by atoms with Gasteiger partial charge in [0.05, 0.1) is 10.6 Å². The molecule has 8 nitrogen and oxygen atoms in total. The number of aryl methyl sites for hydroxylation is 1. The molecule has 0 radical (unpaired) electrons. The van der Waals surface area contributed by atoms with Crippen molar-refractivity contribution in [3.05, 3.63) is 83.5 Å². The topological polar surface area (TPSA) is 109 Å². The van der Waals surface area contributed by atoms with Crippen LogP contribution < -0.4 is 5.32 Å². The smallest absolute Gasteiger partial charge is 0.254 e. The van der Waals surface area contributed by atoms with Crippen LogP contribution in [0, 0.1) is 6.92 Å².